The van der Waals surface area contributed by atoms with E-state index < -0.39 is 0 Å². The predicted molar refractivity (Wildman–Crippen MR) is 102 cm³/mol. The van der Waals surface area contributed by atoms with Crippen molar-refractivity contribution in [2.24, 2.45) is 4.99 Å². The molecule has 0 unspecified atom stereocenters. The van der Waals surface area contributed by atoms with Gasteiger partial charge in [0, 0.05) is 32.8 Å². The number of hydrogen-bond acceptors (Lipinski definition) is 5. The minimum absolute atomic E-state index is 0.301. The van der Waals surface area contributed by atoms with Crippen molar-refractivity contribution >= 4 is 11.6 Å². The van der Waals surface area contributed by atoms with E-state index in [0.717, 1.165) is 54.9 Å². The number of ether oxygens (including phenoxy) is 2. The Balaban J connectivity index is 1.24. The summed E-state index contributed by atoms with van der Waals surface area (Å²) >= 11 is 0. The van der Waals surface area contributed by atoms with E-state index in [1.165, 1.54) is 5.56 Å². The summed E-state index contributed by atoms with van der Waals surface area (Å²) in [5, 5.41) is 15.0. The molecule has 0 radical (unpaired) electrons. The molecule has 0 fully saturated rings. The molecular weight excluding hydrogens is 344 g/mol. The molecule has 2 N–H and O–H groups in total. The highest BCUT2D eigenvalue weighted by Crippen LogP contribution is 2.32. The number of rotatable bonds is 6. The minimum atomic E-state index is 0.301. The number of pyridine rings is 1. The SMILES string of the molecule is CN=C(NCCc1ccc2c(c1)OCO2)NCCc1nnc2ccccn12. The van der Waals surface area contributed by atoms with Crippen LogP contribution in [0.2, 0.25) is 0 Å². The number of hydrogen-bond donors (Lipinski definition) is 2. The first kappa shape index (κ1) is 17.1. The molecule has 1 aliphatic heterocycles. The summed E-state index contributed by atoms with van der Waals surface area (Å²) in [5.74, 6) is 3.32. The van der Waals surface area contributed by atoms with E-state index >= 15 is 0 Å². The predicted octanol–water partition coefficient (Wildman–Crippen LogP) is 1.41. The van der Waals surface area contributed by atoms with Crippen molar-refractivity contribution < 1.29 is 9.47 Å². The molecule has 8 heteroatoms. The molecule has 3 aromatic rings. The van der Waals surface area contributed by atoms with Gasteiger partial charge < -0.3 is 20.1 Å². The van der Waals surface area contributed by atoms with Crippen LogP contribution in [0.1, 0.15) is 11.4 Å². The van der Waals surface area contributed by atoms with Crippen LogP contribution in [0.25, 0.3) is 5.65 Å². The molecule has 2 aromatic heterocycles. The van der Waals surface area contributed by atoms with Gasteiger partial charge in [-0.05, 0) is 36.2 Å². The minimum Gasteiger partial charge on any atom is -0.454 e. The van der Waals surface area contributed by atoms with Crippen molar-refractivity contribution in [3.63, 3.8) is 0 Å². The third-order valence-corrected chi connectivity index (χ3v) is 4.39. The molecule has 0 aliphatic carbocycles. The Labute approximate surface area is 157 Å². The molecular formula is C19H22N6O2. The van der Waals surface area contributed by atoms with Crippen LogP contribution in [0, 0.1) is 0 Å². The van der Waals surface area contributed by atoms with Gasteiger partial charge in [-0.2, -0.15) is 0 Å². The van der Waals surface area contributed by atoms with E-state index in [4.69, 9.17) is 9.47 Å². The molecule has 1 aliphatic rings. The first-order chi connectivity index (χ1) is 13.3. The van der Waals surface area contributed by atoms with Gasteiger partial charge >= 0.3 is 0 Å². The second-order valence-corrected chi connectivity index (χ2v) is 6.16. The van der Waals surface area contributed by atoms with Gasteiger partial charge in [0.2, 0.25) is 6.79 Å². The largest absolute Gasteiger partial charge is 0.454 e. The number of nitrogens with zero attached hydrogens (tertiary/aromatic N) is 4. The van der Waals surface area contributed by atoms with Crippen LogP contribution >= 0.6 is 0 Å². The Bertz CT molecular complexity index is 952. The van der Waals surface area contributed by atoms with E-state index in [-0.39, 0.29) is 0 Å². The van der Waals surface area contributed by atoms with E-state index in [2.05, 4.69) is 31.9 Å². The smallest absolute Gasteiger partial charge is 0.231 e. The molecule has 4 rings (SSSR count). The Kier molecular flexibility index (Phi) is 5.04. The second kappa shape index (κ2) is 7.94. The first-order valence-electron chi connectivity index (χ1n) is 8.95. The van der Waals surface area contributed by atoms with Crippen LogP contribution in [0.4, 0.5) is 0 Å². The number of aromatic nitrogens is 3. The van der Waals surface area contributed by atoms with Crippen LogP contribution in [-0.2, 0) is 12.8 Å². The maximum atomic E-state index is 5.42. The summed E-state index contributed by atoms with van der Waals surface area (Å²) in [6.07, 6.45) is 3.60. The highest BCUT2D eigenvalue weighted by atomic mass is 16.7. The van der Waals surface area contributed by atoms with Crippen molar-refractivity contribution in [3.8, 4) is 11.5 Å². The van der Waals surface area contributed by atoms with Crippen molar-refractivity contribution in [1.29, 1.82) is 0 Å². The number of fused-ring (bicyclic) bond motifs is 2. The van der Waals surface area contributed by atoms with Crippen LogP contribution in [-0.4, -0.2) is 47.5 Å². The Hall–Kier alpha value is -3.29. The summed E-state index contributed by atoms with van der Waals surface area (Å²) in [6.45, 7) is 1.79. The number of nitrogens with one attached hydrogen (secondary N) is 2. The van der Waals surface area contributed by atoms with Crippen molar-refractivity contribution in [2.75, 3.05) is 26.9 Å². The number of benzene rings is 1. The van der Waals surface area contributed by atoms with Gasteiger partial charge in [-0.1, -0.05) is 12.1 Å². The maximum Gasteiger partial charge on any atom is 0.231 e. The summed E-state index contributed by atoms with van der Waals surface area (Å²) in [4.78, 5) is 4.27. The summed E-state index contributed by atoms with van der Waals surface area (Å²) in [7, 11) is 1.77. The lowest BCUT2D eigenvalue weighted by Crippen LogP contribution is -2.39. The molecule has 0 saturated carbocycles. The van der Waals surface area contributed by atoms with Gasteiger partial charge in [0.1, 0.15) is 5.82 Å². The standard InChI is InChI=1S/C19H22N6O2/c1-20-19(21-9-7-14-5-6-15-16(12-14)27-13-26-15)22-10-8-18-24-23-17-4-2-3-11-25(17)18/h2-6,11-12H,7-10,13H2,1H3,(H2,20,21,22). The molecule has 8 nitrogen and oxygen atoms in total. The van der Waals surface area contributed by atoms with Gasteiger partial charge in [0.05, 0.1) is 0 Å². The van der Waals surface area contributed by atoms with E-state index in [0.29, 0.717) is 6.79 Å². The lowest BCUT2D eigenvalue weighted by atomic mass is 10.1. The quantitative estimate of drug-likeness (QED) is 0.507. The second-order valence-electron chi connectivity index (χ2n) is 6.16. The molecule has 3 heterocycles. The zero-order chi connectivity index (χ0) is 18.5. The molecule has 0 spiro atoms. The summed E-state index contributed by atoms with van der Waals surface area (Å²) < 4.78 is 12.7. The van der Waals surface area contributed by atoms with E-state index in [1.807, 2.05) is 40.9 Å². The van der Waals surface area contributed by atoms with Crippen LogP contribution in [0.15, 0.2) is 47.6 Å². The lowest BCUT2D eigenvalue weighted by molar-refractivity contribution is 0.174. The average Bonchev–Trinajstić information content (AvgIpc) is 3.33. The Morgan fingerprint density at radius 2 is 1.93 bits per heavy atom. The summed E-state index contributed by atoms with van der Waals surface area (Å²) in [5.41, 5.74) is 2.05. The normalized spacial score (nSPS) is 13.1. The molecule has 1 aromatic carbocycles. The van der Waals surface area contributed by atoms with Crippen LogP contribution in [0.5, 0.6) is 11.5 Å². The van der Waals surface area contributed by atoms with Crippen molar-refractivity contribution in [3.05, 3.63) is 54.0 Å². The topological polar surface area (TPSA) is 85.1 Å². The highest BCUT2D eigenvalue weighted by Gasteiger charge is 2.13. The zero-order valence-electron chi connectivity index (χ0n) is 15.2. The van der Waals surface area contributed by atoms with E-state index in [9.17, 15) is 0 Å². The molecule has 0 amide bonds. The fraction of sp³-hybridized carbons (Fsp3) is 0.316. The van der Waals surface area contributed by atoms with E-state index in [1.54, 1.807) is 7.05 Å². The monoisotopic (exact) mass is 366 g/mol. The molecule has 0 bridgehead atoms. The third kappa shape index (κ3) is 3.94. The fourth-order valence-corrected chi connectivity index (χ4v) is 3.00. The third-order valence-electron chi connectivity index (χ3n) is 4.39. The zero-order valence-corrected chi connectivity index (χ0v) is 15.2. The Morgan fingerprint density at radius 1 is 1.07 bits per heavy atom. The van der Waals surface area contributed by atoms with Crippen LogP contribution < -0.4 is 20.1 Å². The number of aliphatic imine (C=N–C) groups is 1. The first-order valence-corrected chi connectivity index (χ1v) is 8.95. The molecule has 0 saturated heterocycles. The molecule has 0 atom stereocenters. The fourth-order valence-electron chi connectivity index (χ4n) is 3.00. The number of guanidine groups is 1. The summed E-state index contributed by atoms with van der Waals surface area (Å²) in [6, 6.07) is 11.9. The Morgan fingerprint density at radius 3 is 2.81 bits per heavy atom. The van der Waals surface area contributed by atoms with Crippen molar-refractivity contribution in [2.45, 2.75) is 12.8 Å². The van der Waals surface area contributed by atoms with Crippen LogP contribution in [0.3, 0.4) is 0 Å². The van der Waals surface area contributed by atoms with Gasteiger partial charge in [0.25, 0.3) is 0 Å². The van der Waals surface area contributed by atoms with Crippen molar-refractivity contribution in [1.82, 2.24) is 25.2 Å². The molecule has 27 heavy (non-hydrogen) atoms. The maximum absolute atomic E-state index is 5.42. The van der Waals surface area contributed by atoms with Gasteiger partial charge in [-0.3, -0.25) is 9.39 Å². The molecule has 140 valence electrons. The average molecular weight is 366 g/mol. The lowest BCUT2D eigenvalue weighted by Gasteiger charge is -2.11. The van der Waals surface area contributed by atoms with Gasteiger partial charge in [-0.25, -0.2) is 0 Å². The highest BCUT2D eigenvalue weighted by molar-refractivity contribution is 5.79. The van der Waals surface area contributed by atoms with Gasteiger partial charge in [-0.15, -0.1) is 10.2 Å². The van der Waals surface area contributed by atoms with Gasteiger partial charge in [0.15, 0.2) is 23.1 Å².